The quantitative estimate of drug-likeness (QED) is 0.836. The maximum Gasteiger partial charge on any atom is 0.0701 e. The highest BCUT2D eigenvalue weighted by Gasteiger charge is 1.87. The molecule has 0 amide bonds. The topological polar surface area (TPSA) is 33.1 Å². The number of nitrogens with zero attached hydrogens (tertiary/aromatic N) is 1. The lowest BCUT2D eigenvalue weighted by Crippen LogP contribution is -1.95. The first-order chi connectivity index (χ1) is 7.74. The van der Waals surface area contributed by atoms with Gasteiger partial charge in [0.15, 0.2) is 0 Å². The molecule has 0 saturated heterocycles. The van der Waals surface area contributed by atoms with E-state index in [-0.39, 0.29) is 6.10 Å². The lowest BCUT2D eigenvalue weighted by atomic mass is 10.2. The third-order valence-corrected chi connectivity index (χ3v) is 2.22. The monoisotopic (exact) mass is 217 g/mol. The Labute approximate surface area is 97.0 Å². The summed E-state index contributed by atoms with van der Waals surface area (Å²) in [7, 11) is 0. The van der Waals surface area contributed by atoms with Crippen molar-refractivity contribution in [2.45, 2.75) is 32.8 Å². The molecule has 0 radical (unpaired) electrons. The second-order valence-corrected chi connectivity index (χ2v) is 3.83. The second kappa shape index (κ2) is 6.96. The standard InChI is InChI=1S/C9H7N.C5H12O/c1-2-6-9-8(4-1)5-3-7-10-9;1-3-4-5(2)6/h1-7H;5-6H,3-4H2,1-2H3. The molecule has 1 aromatic heterocycles. The molecule has 2 aromatic rings. The van der Waals surface area contributed by atoms with Crippen LogP contribution in [0, 0.1) is 0 Å². The first kappa shape index (κ1) is 12.7. The molecule has 0 spiro atoms. The summed E-state index contributed by atoms with van der Waals surface area (Å²) < 4.78 is 0. The van der Waals surface area contributed by atoms with Crippen LogP contribution in [0.15, 0.2) is 42.6 Å². The maximum absolute atomic E-state index is 8.55. The zero-order valence-corrected chi connectivity index (χ0v) is 9.93. The average Bonchev–Trinajstić information content (AvgIpc) is 2.30. The fourth-order valence-corrected chi connectivity index (χ4v) is 1.43. The highest BCUT2D eigenvalue weighted by molar-refractivity contribution is 5.77. The van der Waals surface area contributed by atoms with Gasteiger partial charge in [0.2, 0.25) is 0 Å². The molecule has 2 rings (SSSR count). The minimum absolute atomic E-state index is 0.102. The van der Waals surface area contributed by atoms with Crippen molar-refractivity contribution in [1.82, 2.24) is 4.98 Å². The van der Waals surface area contributed by atoms with Crippen LogP contribution in [0.5, 0.6) is 0 Å². The molecule has 16 heavy (non-hydrogen) atoms. The number of aromatic nitrogens is 1. The summed E-state index contributed by atoms with van der Waals surface area (Å²) in [5.74, 6) is 0. The van der Waals surface area contributed by atoms with Crippen LogP contribution in [0.1, 0.15) is 26.7 Å². The first-order valence-corrected chi connectivity index (χ1v) is 5.72. The van der Waals surface area contributed by atoms with Gasteiger partial charge in [0.25, 0.3) is 0 Å². The van der Waals surface area contributed by atoms with Gasteiger partial charge in [-0.25, -0.2) is 0 Å². The number of para-hydroxylation sites is 1. The van der Waals surface area contributed by atoms with Gasteiger partial charge >= 0.3 is 0 Å². The lowest BCUT2D eigenvalue weighted by molar-refractivity contribution is 0.183. The summed E-state index contributed by atoms with van der Waals surface area (Å²) in [5.41, 5.74) is 1.06. The van der Waals surface area contributed by atoms with Crippen LogP contribution in [-0.4, -0.2) is 16.2 Å². The highest BCUT2D eigenvalue weighted by atomic mass is 16.3. The predicted molar refractivity (Wildman–Crippen MR) is 68.3 cm³/mol. The molecule has 0 fully saturated rings. The molecule has 1 N–H and O–H groups in total. The molecule has 86 valence electrons. The molecule has 2 nitrogen and oxygen atoms in total. The largest absolute Gasteiger partial charge is 0.393 e. The molecule has 0 saturated carbocycles. The maximum atomic E-state index is 8.55. The van der Waals surface area contributed by atoms with Crippen LogP contribution < -0.4 is 0 Å². The fourth-order valence-electron chi connectivity index (χ4n) is 1.43. The Morgan fingerprint density at radius 2 is 1.88 bits per heavy atom. The van der Waals surface area contributed by atoms with Crippen molar-refractivity contribution in [3.63, 3.8) is 0 Å². The molecule has 0 aliphatic rings. The van der Waals surface area contributed by atoms with E-state index in [1.807, 2.05) is 37.4 Å². The van der Waals surface area contributed by atoms with Crippen molar-refractivity contribution in [3.05, 3.63) is 42.6 Å². The van der Waals surface area contributed by atoms with Crippen LogP contribution >= 0.6 is 0 Å². The molecule has 1 heterocycles. The van der Waals surface area contributed by atoms with Gasteiger partial charge in [-0.1, -0.05) is 37.6 Å². The Balaban J connectivity index is 0.000000187. The van der Waals surface area contributed by atoms with Gasteiger partial charge < -0.3 is 5.11 Å². The van der Waals surface area contributed by atoms with Crippen LogP contribution in [0.3, 0.4) is 0 Å². The van der Waals surface area contributed by atoms with Gasteiger partial charge in [-0.05, 0) is 25.5 Å². The minimum atomic E-state index is -0.102. The van der Waals surface area contributed by atoms with Crippen molar-refractivity contribution in [2.75, 3.05) is 0 Å². The van der Waals surface area contributed by atoms with E-state index in [9.17, 15) is 0 Å². The van der Waals surface area contributed by atoms with E-state index < -0.39 is 0 Å². The number of pyridine rings is 1. The number of rotatable bonds is 2. The van der Waals surface area contributed by atoms with E-state index in [0.717, 1.165) is 18.4 Å². The van der Waals surface area contributed by atoms with Gasteiger partial charge in [-0.2, -0.15) is 0 Å². The SMILES string of the molecule is CCCC(C)O.c1ccc2ncccc2c1. The summed E-state index contributed by atoms with van der Waals surface area (Å²) in [6.45, 7) is 3.87. The zero-order valence-electron chi connectivity index (χ0n) is 9.93. The van der Waals surface area contributed by atoms with E-state index in [2.05, 4.69) is 24.0 Å². The van der Waals surface area contributed by atoms with E-state index >= 15 is 0 Å². The highest BCUT2D eigenvalue weighted by Crippen LogP contribution is 2.07. The Morgan fingerprint density at radius 1 is 1.19 bits per heavy atom. The number of aliphatic hydroxyl groups excluding tert-OH is 1. The summed E-state index contributed by atoms with van der Waals surface area (Å²) in [4.78, 5) is 4.18. The molecule has 1 unspecified atom stereocenters. The van der Waals surface area contributed by atoms with Gasteiger partial charge in [-0.3, -0.25) is 4.98 Å². The number of aliphatic hydroxyl groups is 1. The number of benzene rings is 1. The smallest absolute Gasteiger partial charge is 0.0701 e. The van der Waals surface area contributed by atoms with Gasteiger partial charge in [0.1, 0.15) is 0 Å². The fraction of sp³-hybridized carbons (Fsp3) is 0.357. The Bertz CT molecular complexity index is 347. The summed E-state index contributed by atoms with van der Waals surface area (Å²) >= 11 is 0. The number of hydrogen-bond donors (Lipinski definition) is 1. The lowest BCUT2D eigenvalue weighted by Gasteiger charge is -1.95. The summed E-state index contributed by atoms with van der Waals surface area (Å²) in [5, 5.41) is 9.75. The summed E-state index contributed by atoms with van der Waals surface area (Å²) in [6, 6.07) is 12.1. The normalized spacial score (nSPS) is 11.7. The molecular formula is C14H19NO. The van der Waals surface area contributed by atoms with Crippen molar-refractivity contribution in [1.29, 1.82) is 0 Å². The van der Waals surface area contributed by atoms with Crippen molar-refractivity contribution in [2.24, 2.45) is 0 Å². The average molecular weight is 217 g/mol. The molecule has 1 aromatic carbocycles. The third-order valence-electron chi connectivity index (χ3n) is 2.22. The van der Waals surface area contributed by atoms with Crippen molar-refractivity contribution >= 4 is 10.9 Å². The Kier molecular flexibility index (Phi) is 5.51. The van der Waals surface area contributed by atoms with Gasteiger partial charge in [0.05, 0.1) is 11.6 Å². The molecular weight excluding hydrogens is 198 g/mol. The minimum Gasteiger partial charge on any atom is -0.393 e. The molecule has 0 aliphatic heterocycles. The Morgan fingerprint density at radius 3 is 2.44 bits per heavy atom. The van der Waals surface area contributed by atoms with Crippen LogP contribution in [-0.2, 0) is 0 Å². The van der Waals surface area contributed by atoms with Crippen LogP contribution in [0.4, 0.5) is 0 Å². The second-order valence-electron chi connectivity index (χ2n) is 3.83. The van der Waals surface area contributed by atoms with Gasteiger partial charge in [0, 0.05) is 11.6 Å². The third kappa shape index (κ3) is 4.41. The van der Waals surface area contributed by atoms with Crippen molar-refractivity contribution < 1.29 is 5.11 Å². The van der Waals surface area contributed by atoms with E-state index in [1.165, 1.54) is 5.39 Å². The number of hydrogen-bond acceptors (Lipinski definition) is 2. The molecule has 2 heteroatoms. The Hall–Kier alpha value is -1.41. The predicted octanol–water partition coefficient (Wildman–Crippen LogP) is 3.40. The van der Waals surface area contributed by atoms with E-state index in [4.69, 9.17) is 5.11 Å². The van der Waals surface area contributed by atoms with Crippen molar-refractivity contribution in [3.8, 4) is 0 Å². The van der Waals surface area contributed by atoms with Gasteiger partial charge in [-0.15, -0.1) is 0 Å². The van der Waals surface area contributed by atoms with Crippen LogP contribution in [0.25, 0.3) is 10.9 Å². The van der Waals surface area contributed by atoms with Crippen LogP contribution in [0.2, 0.25) is 0 Å². The molecule has 0 aliphatic carbocycles. The summed E-state index contributed by atoms with van der Waals surface area (Å²) in [6.07, 6.45) is 3.72. The molecule has 1 atom stereocenters. The van der Waals surface area contributed by atoms with E-state index in [0.29, 0.717) is 0 Å². The molecule has 0 bridgehead atoms. The zero-order chi connectivity index (χ0) is 11.8. The first-order valence-electron chi connectivity index (χ1n) is 5.72. The van der Waals surface area contributed by atoms with E-state index in [1.54, 1.807) is 0 Å². The number of fused-ring (bicyclic) bond motifs is 1.